The molecule has 2 aromatic heterocycles. The Kier molecular flexibility index (Phi) is 7.17. The van der Waals surface area contributed by atoms with Crippen LogP contribution in [0, 0.1) is 0 Å². The van der Waals surface area contributed by atoms with Crippen molar-refractivity contribution in [1.29, 1.82) is 0 Å². The fraction of sp³-hybridized carbons (Fsp3) is 0. The van der Waals surface area contributed by atoms with E-state index in [2.05, 4.69) is 175 Å². The Morgan fingerprint density at radius 3 is 1.64 bits per heavy atom. The molecule has 0 spiro atoms. The lowest BCUT2D eigenvalue weighted by atomic mass is 9.96. The van der Waals surface area contributed by atoms with Crippen LogP contribution in [0.25, 0.3) is 88.0 Å². The van der Waals surface area contributed by atoms with E-state index in [0.29, 0.717) is 0 Å². The summed E-state index contributed by atoms with van der Waals surface area (Å²) in [5.41, 5.74) is 13.6. The van der Waals surface area contributed by atoms with E-state index >= 15 is 0 Å². The number of nitrogens with zero attached hydrogens (tertiary/aromatic N) is 1. The molecule has 0 atom stereocenters. The van der Waals surface area contributed by atoms with Crippen molar-refractivity contribution >= 4 is 71.7 Å². The van der Waals surface area contributed by atoms with Crippen molar-refractivity contribution in [2.45, 2.75) is 0 Å². The second-order valence-corrected chi connectivity index (χ2v) is 14.1. The minimum atomic E-state index is 0.845. The lowest BCUT2D eigenvalue weighted by Gasteiger charge is -2.26. The van der Waals surface area contributed by atoms with Crippen molar-refractivity contribution in [3.05, 3.63) is 200 Å². The maximum atomic E-state index is 6.61. The van der Waals surface area contributed by atoms with Crippen LogP contribution in [0.4, 0.5) is 17.1 Å². The van der Waals surface area contributed by atoms with E-state index in [-0.39, 0.29) is 0 Å². The summed E-state index contributed by atoms with van der Waals surface area (Å²) in [7, 11) is 0. The second-order valence-electron chi connectivity index (χ2n) is 14.1. The average Bonchev–Trinajstić information content (AvgIpc) is 3.84. The molecule has 0 aliphatic rings. The molecule has 0 N–H and O–H groups in total. The first-order valence-electron chi connectivity index (χ1n) is 18.7. The summed E-state index contributed by atoms with van der Waals surface area (Å²) in [5.74, 6) is 0. The van der Waals surface area contributed by atoms with E-state index in [0.717, 1.165) is 72.1 Å². The zero-order valence-electron chi connectivity index (χ0n) is 29.8. The third kappa shape index (κ3) is 5.28. The van der Waals surface area contributed by atoms with Gasteiger partial charge in [-0.15, -0.1) is 0 Å². The molecule has 0 radical (unpaired) electrons. The van der Waals surface area contributed by atoms with Gasteiger partial charge in [0.1, 0.15) is 16.7 Å². The zero-order valence-corrected chi connectivity index (χ0v) is 29.8. The third-order valence-electron chi connectivity index (χ3n) is 10.9. The van der Waals surface area contributed by atoms with Crippen LogP contribution >= 0.6 is 0 Å². The second kappa shape index (κ2) is 12.6. The summed E-state index contributed by atoms with van der Waals surface area (Å²) in [6.07, 6.45) is 0. The quantitative estimate of drug-likeness (QED) is 0.173. The van der Waals surface area contributed by atoms with Gasteiger partial charge in [0.15, 0.2) is 5.58 Å². The van der Waals surface area contributed by atoms with Gasteiger partial charge in [-0.3, -0.25) is 0 Å². The SMILES string of the molecule is c1cc(-c2ccc(-c3ccc(N(c4cccc5c4oc4ccccc45)c4cccc5oc6ccccc6c45)cc3)cc2)cc(-c2ccc3ccccc3c2)c1. The van der Waals surface area contributed by atoms with Crippen molar-refractivity contribution in [2.75, 3.05) is 4.90 Å². The van der Waals surface area contributed by atoms with Crippen LogP contribution in [0.15, 0.2) is 209 Å². The molecule has 9 aromatic carbocycles. The maximum absolute atomic E-state index is 6.61. The number of hydrogen-bond acceptors (Lipinski definition) is 3. The van der Waals surface area contributed by atoms with Gasteiger partial charge in [-0.25, -0.2) is 0 Å². The van der Waals surface area contributed by atoms with Gasteiger partial charge >= 0.3 is 0 Å². The Morgan fingerprint density at radius 2 is 0.836 bits per heavy atom. The lowest BCUT2D eigenvalue weighted by Crippen LogP contribution is -2.10. The highest BCUT2D eigenvalue weighted by atomic mass is 16.3. The van der Waals surface area contributed by atoms with E-state index < -0.39 is 0 Å². The molecule has 0 fully saturated rings. The van der Waals surface area contributed by atoms with Crippen LogP contribution in [0.3, 0.4) is 0 Å². The lowest BCUT2D eigenvalue weighted by molar-refractivity contribution is 0.668. The molecule has 0 aliphatic carbocycles. The highest BCUT2D eigenvalue weighted by Gasteiger charge is 2.23. The first kappa shape index (κ1) is 31.2. The van der Waals surface area contributed by atoms with E-state index in [1.165, 1.54) is 33.0 Å². The van der Waals surface area contributed by atoms with Crippen LogP contribution in [0.2, 0.25) is 0 Å². The van der Waals surface area contributed by atoms with Gasteiger partial charge in [0.25, 0.3) is 0 Å². The van der Waals surface area contributed by atoms with E-state index in [1.807, 2.05) is 30.3 Å². The third-order valence-corrected chi connectivity index (χ3v) is 10.9. The fourth-order valence-corrected chi connectivity index (χ4v) is 8.16. The van der Waals surface area contributed by atoms with Crippen molar-refractivity contribution in [3.8, 4) is 33.4 Å². The molecule has 0 unspecified atom stereocenters. The van der Waals surface area contributed by atoms with Crippen molar-refractivity contribution in [1.82, 2.24) is 0 Å². The number of benzene rings is 9. The van der Waals surface area contributed by atoms with Gasteiger partial charge in [-0.1, -0.05) is 146 Å². The molecular formula is C52H33NO2. The Labute approximate surface area is 317 Å². The molecule has 0 bridgehead atoms. The van der Waals surface area contributed by atoms with Crippen molar-refractivity contribution in [3.63, 3.8) is 0 Å². The van der Waals surface area contributed by atoms with Gasteiger partial charge < -0.3 is 13.7 Å². The first-order valence-corrected chi connectivity index (χ1v) is 18.7. The highest BCUT2D eigenvalue weighted by molar-refractivity contribution is 6.16. The van der Waals surface area contributed by atoms with Crippen LogP contribution in [0.1, 0.15) is 0 Å². The first-order chi connectivity index (χ1) is 27.2. The maximum Gasteiger partial charge on any atom is 0.159 e. The van der Waals surface area contributed by atoms with E-state index in [4.69, 9.17) is 8.83 Å². The summed E-state index contributed by atoms with van der Waals surface area (Å²) in [6, 6.07) is 71.0. The number of fused-ring (bicyclic) bond motifs is 7. The largest absolute Gasteiger partial charge is 0.456 e. The van der Waals surface area contributed by atoms with Gasteiger partial charge in [0.2, 0.25) is 0 Å². The molecule has 0 saturated heterocycles. The van der Waals surface area contributed by atoms with Crippen LogP contribution in [-0.4, -0.2) is 0 Å². The molecule has 0 saturated carbocycles. The average molecular weight is 704 g/mol. The van der Waals surface area contributed by atoms with Crippen LogP contribution in [0.5, 0.6) is 0 Å². The monoisotopic (exact) mass is 703 g/mol. The van der Waals surface area contributed by atoms with Crippen LogP contribution in [-0.2, 0) is 0 Å². The topological polar surface area (TPSA) is 29.5 Å². The molecule has 55 heavy (non-hydrogen) atoms. The minimum absolute atomic E-state index is 0.845. The molecule has 3 nitrogen and oxygen atoms in total. The molecule has 258 valence electrons. The standard InChI is InChI=1S/C52H33NO2/c1-2-11-38-33-41(27-26-34(38)10-1)40-13-7-12-39(32-40)37-24-22-35(23-25-37)36-28-30-42(31-29-36)53(46-17-9-21-50-51(46)45-15-4-6-20-49(45)54-50)47-18-8-16-44-43-14-3-5-19-48(43)55-52(44)47/h1-33H. The Morgan fingerprint density at radius 1 is 0.309 bits per heavy atom. The van der Waals surface area contributed by atoms with E-state index in [9.17, 15) is 0 Å². The zero-order chi connectivity index (χ0) is 36.3. The van der Waals surface area contributed by atoms with Gasteiger partial charge in [-0.2, -0.15) is 0 Å². The minimum Gasteiger partial charge on any atom is -0.456 e. The number of rotatable bonds is 6. The van der Waals surface area contributed by atoms with Gasteiger partial charge in [0, 0.05) is 21.8 Å². The Hall–Kier alpha value is -7.36. The molecule has 2 heterocycles. The fourth-order valence-electron chi connectivity index (χ4n) is 8.16. The predicted octanol–water partition coefficient (Wildman–Crippen LogP) is 15.1. The summed E-state index contributed by atoms with van der Waals surface area (Å²) in [4.78, 5) is 2.31. The van der Waals surface area contributed by atoms with Crippen LogP contribution < -0.4 is 4.90 Å². The number of hydrogen-bond donors (Lipinski definition) is 0. The van der Waals surface area contributed by atoms with Gasteiger partial charge in [-0.05, 0) is 98.8 Å². The van der Waals surface area contributed by atoms with Crippen molar-refractivity contribution in [2.24, 2.45) is 0 Å². The summed E-state index contributed by atoms with van der Waals surface area (Å²) in [5, 5.41) is 6.84. The number of para-hydroxylation sites is 3. The number of anilines is 3. The molecule has 3 heteroatoms. The summed E-state index contributed by atoms with van der Waals surface area (Å²) >= 11 is 0. The molecule has 0 amide bonds. The smallest absolute Gasteiger partial charge is 0.159 e. The van der Waals surface area contributed by atoms with Crippen molar-refractivity contribution < 1.29 is 8.83 Å². The predicted molar refractivity (Wildman–Crippen MR) is 229 cm³/mol. The molecule has 11 aromatic rings. The summed E-state index contributed by atoms with van der Waals surface area (Å²) < 4.78 is 13.0. The van der Waals surface area contributed by atoms with Gasteiger partial charge in [0.05, 0.1) is 16.8 Å². The molecule has 11 rings (SSSR count). The highest BCUT2D eigenvalue weighted by Crippen LogP contribution is 2.46. The summed E-state index contributed by atoms with van der Waals surface area (Å²) in [6.45, 7) is 0. The molecule has 0 aliphatic heterocycles. The Balaban J connectivity index is 0.979. The van der Waals surface area contributed by atoms with E-state index in [1.54, 1.807) is 0 Å². The number of furan rings is 2. The normalized spacial score (nSPS) is 11.6. The Bertz CT molecular complexity index is 3200. The molecular weight excluding hydrogens is 671 g/mol.